The van der Waals surface area contributed by atoms with Crippen LogP contribution in [0.25, 0.3) is 22.2 Å². The standard InChI is InChI=1S/C18H11BrN4OS/c19-12-5-3-4-11(8-12)16-9-14(13-6-1-2-7-15(13)21-16)17(24)22-18-23-20-10-25-18/h1-10H,(H,22,23,24). The normalized spacial score (nSPS) is 10.8. The van der Waals surface area contributed by atoms with Crippen LogP contribution < -0.4 is 5.32 Å². The maximum atomic E-state index is 12.8. The van der Waals surface area contributed by atoms with Gasteiger partial charge < -0.3 is 0 Å². The minimum Gasteiger partial charge on any atom is -0.296 e. The minimum atomic E-state index is -0.230. The predicted molar refractivity (Wildman–Crippen MR) is 103 cm³/mol. The second-order valence-electron chi connectivity index (χ2n) is 5.28. The number of nitrogens with zero attached hydrogens (tertiary/aromatic N) is 3. The topological polar surface area (TPSA) is 67.8 Å². The number of halogens is 1. The first kappa shape index (κ1) is 15.9. The average Bonchev–Trinajstić information content (AvgIpc) is 3.13. The third kappa shape index (κ3) is 3.29. The number of anilines is 1. The monoisotopic (exact) mass is 410 g/mol. The number of aromatic nitrogens is 3. The molecule has 25 heavy (non-hydrogen) atoms. The number of hydrogen-bond acceptors (Lipinski definition) is 5. The van der Waals surface area contributed by atoms with Crippen molar-refractivity contribution in [2.75, 3.05) is 5.32 Å². The molecule has 5 nitrogen and oxygen atoms in total. The molecular weight excluding hydrogens is 400 g/mol. The van der Waals surface area contributed by atoms with E-state index in [2.05, 4.69) is 31.4 Å². The molecule has 0 fully saturated rings. The molecule has 0 radical (unpaired) electrons. The van der Waals surface area contributed by atoms with E-state index in [0.717, 1.165) is 26.6 Å². The highest BCUT2D eigenvalue weighted by atomic mass is 79.9. The van der Waals surface area contributed by atoms with Gasteiger partial charge in [-0.05, 0) is 24.3 Å². The van der Waals surface area contributed by atoms with Gasteiger partial charge in [0.05, 0.1) is 16.8 Å². The zero-order valence-electron chi connectivity index (χ0n) is 12.8. The Kier molecular flexibility index (Phi) is 4.25. The summed E-state index contributed by atoms with van der Waals surface area (Å²) in [7, 11) is 0. The summed E-state index contributed by atoms with van der Waals surface area (Å²) in [6.45, 7) is 0. The average molecular weight is 411 g/mol. The van der Waals surface area contributed by atoms with E-state index in [1.54, 1.807) is 11.6 Å². The van der Waals surface area contributed by atoms with Crippen molar-refractivity contribution in [3.05, 3.63) is 70.1 Å². The number of para-hydroxylation sites is 1. The number of amides is 1. The molecule has 1 amide bonds. The lowest BCUT2D eigenvalue weighted by molar-refractivity contribution is 0.102. The first-order valence-electron chi connectivity index (χ1n) is 7.44. The smallest absolute Gasteiger partial charge is 0.258 e. The van der Waals surface area contributed by atoms with E-state index in [0.29, 0.717) is 10.7 Å². The van der Waals surface area contributed by atoms with Crippen molar-refractivity contribution in [3.63, 3.8) is 0 Å². The largest absolute Gasteiger partial charge is 0.296 e. The molecule has 122 valence electrons. The fraction of sp³-hybridized carbons (Fsp3) is 0. The van der Waals surface area contributed by atoms with Crippen LogP contribution in [0.5, 0.6) is 0 Å². The van der Waals surface area contributed by atoms with Gasteiger partial charge in [-0.1, -0.05) is 57.6 Å². The molecular formula is C18H11BrN4OS. The van der Waals surface area contributed by atoms with Gasteiger partial charge in [0.2, 0.25) is 5.13 Å². The Morgan fingerprint density at radius 1 is 1.08 bits per heavy atom. The highest BCUT2D eigenvalue weighted by Crippen LogP contribution is 2.27. The molecule has 0 atom stereocenters. The van der Waals surface area contributed by atoms with E-state index < -0.39 is 0 Å². The molecule has 4 rings (SSSR count). The Bertz CT molecular complexity index is 1070. The first-order chi connectivity index (χ1) is 12.2. The second kappa shape index (κ2) is 6.70. The van der Waals surface area contributed by atoms with Crippen molar-refractivity contribution in [3.8, 4) is 11.3 Å². The molecule has 7 heteroatoms. The lowest BCUT2D eigenvalue weighted by Gasteiger charge is -2.09. The van der Waals surface area contributed by atoms with Gasteiger partial charge in [-0.25, -0.2) is 4.98 Å². The van der Waals surface area contributed by atoms with Crippen LogP contribution in [0.2, 0.25) is 0 Å². The number of nitrogens with one attached hydrogen (secondary N) is 1. The molecule has 0 spiro atoms. The van der Waals surface area contributed by atoms with Crippen molar-refractivity contribution >= 4 is 49.2 Å². The van der Waals surface area contributed by atoms with Crippen molar-refractivity contribution in [1.29, 1.82) is 0 Å². The zero-order valence-corrected chi connectivity index (χ0v) is 15.2. The third-order valence-electron chi connectivity index (χ3n) is 3.66. The number of benzene rings is 2. The summed E-state index contributed by atoms with van der Waals surface area (Å²) >= 11 is 4.75. The number of rotatable bonds is 3. The van der Waals surface area contributed by atoms with Crippen LogP contribution in [0.4, 0.5) is 5.13 Å². The Morgan fingerprint density at radius 3 is 2.76 bits per heavy atom. The minimum absolute atomic E-state index is 0.230. The van der Waals surface area contributed by atoms with E-state index in [9.17, 15) is 4.79 Å². The third-order valence-corrected chi connectivity index (χ3v) is 4.76. The lowest BCUT2D eigenvalue weighted by Crippen LogP contribution is -2.13. The molecule has 0 aliphatic heterocycles. The highest BCUT2D eigenvalue weighted by Gasteiger charge is 2.15. The summed E-state index contributed by atoms with van der Waals surface area (Å²) in [5, 5.41) is 11.7. The summed E-state index contributed by atoms with van der Waals surface area (Å²) in [5.41, 5.74) is 4.57. The van der Waals surface area contributed by atoms with Gasteiger partial charge in [-0.2, -0.15) is 0 Å². The van der Waals surface area contributed by atoms with E-state index >= 15 is 0 Å². The summed E-state index contributed by atoms with van der Waals surface area (Å²) in [4.78, 5) is 17.5. The van der Waals surface area contributed by atoms with Crippen LogP contribution in [-0.4, -0.2) is 21.1 Å². The number of carbonyl (C=O) groups excluding carboxylic acids is 1. The molecule has 2 aromatic heterocycles. The Morgan fingerprint density at radius 2 is 1.96 bits per heavy atom. The molecule has 0 bridgehead atoms. The summed E-state index contributed by atoms with van der Waals surface area (Å²) in [6.07, 6.45) is 0. The van der Waals surface area contributed by atoms with Crippen molar-refractivity contribution in [2.45, 2.75) is 0 Å². The SMILES string of the molecule is O=C(Nc1nncs1)c1cc(-c2cccc(Br)c2)nc2ccccc12. The van der Waals surface area contributed by atoms with Crippen molar-refractivity contribution in [2.24, 2.45) is 0 Å². The maximum absolute atomic E-state index is 12.8. The van der Waals surface area contributed by atoms with Crippen LogP contribution in [0.15, 0.2) is 64.6 Å². The van der Waals surface area contributed by atoms with Gasteiger partial charge in [-0.15, -0.1) is 10.2 Å². The van der Waals surface area contributed by atoms with Crippen molar-refractivity contribution < 1.29 is 4.79 Å². The molecule has 0 aliphatic rings. The van der Waals surface area contributed by atoms with Crippen LogP contribution in [0.1, 0.15) is 10.4 Å². The van der Waals surface area contributed by atoms with Gasteiger partial charge in [0.25, 0.3) is 5.91 Å². The van der Waals surface area contributed by atoms with Crippen LogP contribution in [0, 0.1) is 0 Å². The summed E-state index contributed by atoms with van der Waals surface area (Å²) in [6, 6.07) is 17.2. The fourth-order valence-electron chi connectivity index (χ4n) is 2.55. The maximum Gasteiger partial charge on any atom is 0.258 e. The van der Waals surface area contributed by atoms with Crippen LogP contribution in [0.3, 0.4) is 0 Å². The predicted octanol–water partition coefficient (Wildman–Crippen LogP) is 4.77. The van der Waals surface area contributed by atoms with Gasteiger partial charge in [0.1, 0.15) is 5.51 Å². The summed E-state index contributed by atoms with van der Waals surface area (Å²) < 4.78 is 0.958. The van der Waals surface area contributed by atoms with E-state index in [1.165, 1.54) is 11.3 Å². The molecule has 2 heterocycles. The van der Waals surface area contributed by atoms with Gasteiger partial charge in [0.15, 0.2) is 0 Å². The molecule has 4 aromatic rings. The Hall–Kier alpha value is -2.64. The lowest BCUT2D eigenvalue weighted by atomic mass is 10.0. The molecule has 0 aliphatic carbocycles. The van der Waals surface area contributed by atoms with E-state index in [4.69, 9.17) is 4.98 Å². The highest BCUT2D eigenvalue weighted by molar-refractivity contribution is 9.10. The van der Waals surface area contributed by atoms with E-state index in [1.807, 2.05) is 48.5 Å². The van der Waals surface area contributed by atoms with Gasteiger partial charge in [0, 0.05) is 15.4 Å². The molecule has 2 aromatic carbocycles. The fourth-order valence-corrected chi connectivity index (χ4v) is 3.39. The summed E-state index contributed by atoms with van der Waals surface area (Å²) in [5.74, 6) is -0.230. The van der Waals surface area contributed by atoms with Crippen LogP contribution in [-0.2, 0) is 0 Å². The van der Waals surface area contributed by atoms with Crippen molar-refractivity contribution in [1.82, 2.24) is 15.2 Å². The zero-order chi connectivity index (χ0) is 17.2. The van der Waals surface area contributed by atoms with Gasteiger partial charge in [-0.3, -0.25) is 10.1 Å². The molecule has 0 saturated carbocycles. The number of carbonyl (C=O) groups is 1. The molecule has 1 N–H and O–H groups in total. The number of hydrogen-bond donors (Lipinski definition) is 1. The number of pyridine rings is 1. The molecule has 0 unspecified atom stereocenters. The van der Waals surface area contributed by atoms with Crippen LogP contribution >= 0.6 is 27.3 Å². The number of fused-ring (bicyclic) bond motifs is 1. The second-order valence-corrected chi connectivity index (χ2v) is 7.03. The quantitative estimate of drug-likeness (QED) is 0.528. The Labute approximate surface area is 155 Å². The first-order valence-corrected chi connectivity index (χ1v) is 9.11. The van der Waals surface area contributed by atoms with E-state index in [-0.39, 0.29) is 5.91 Å². The Balaban J connectivity index is 1.85. The van der Waals surface area contributed by atoms with Gasteiger partial charge >= 0.3 is 0 Å². The molecule has 0 saturated heterocycles.